The van der Waals surface area contributed by atoms with Gasteiger partial charge in [0.1, 0.15) is 0 Å². The second kappa shape index (κ2) is 14.1. The van der Waals surface area contributed by atoms with Gasteiger partial charge in [-0.2, -0.15) is 0 Å². The first kappa shape index (κ1) is 15.0. The molecule has 0 aromatic rings. The van der Waals surface area contributed by atoms with Gasteiger partial charge in [-0.05, 0) is 33.1 Å². The minimum atomic E-state index is 0. The molecule has 0 amide bonds. The van der Waals surface area contributed by atoms with E-state index in [9.17, 15) is 0 Å². The average Bonchev–Trinajstić information content (AvgIpc) is 1.97. The molecule has 3 N–H and O–H groups in total. The van der Waals surface area contributed by atoms with E-state index >= 15 is 0 Å². The first-order valence-electron chi connectivity index (χ1n) is 3.91. The van der Waals surface area contributed by atoms with E-state index in [1.54, 1.807) is 0 Å². The Morgan fingerprint density at radius 1 is 1.09 bits per heavy atom. The molecule has 0 aromatic carbocycles. The summed E-state index contributed by atoms with van der Waals surface area (Å²) in [5.41, 5.74) is 6.87. The third-order valence-corrected chi connectivity index (χ3v) is 1.31. The molecular weight excluding hydrogens is 165 g/mol. The SMILES string of the molecule is CNCCCNCCC[NH-].[K+]. The van der Waals surface area contributed by atoms with Crippen molar-refractivity contribution in [2.75, 3.05) is 33.2 Å². The predicted molar refractivity (Wildman–Crippen MR) is 45.2 cm³/mol. The van der Waals surface area contributed by atoms with Crippen molar-refractivity contribution in [3.05, 3.63) is 5.73 Å². The van der Waals surface area contributed by atoms with Crippen LogP contribution in [0.5, 0.6) is 0 Å². The van der Waals surface area contributed by atoms with Gasteiger partial charge in [0, 0.05) is 0 Å². The van der Waals surface area contributed by atoms with Crippen LogP contribution in [0.1, 0.15) is 12.8 Å². The van der Waals surface area contributed by atoms with Crippen molar-refractivity contribution in [2.24, 2.45) is 0 Å². The van der Waals surface area contributed by atoms with Crippen LogP contribution in [0.25, 0.3) is 5.73 Å². The Kier molecular flexibility index (Phi) is 19.2. The van der Waals surface area contributed by atoms with Crippen molar-refractivity contribution in [3.8, 4) is 0 Å². The molecule has 0 unspecified atom stereocenters. The van der Waals surface area contributed by atoms with E-state index in [1.807, 2.05) is 7.05 Å². The molecule has 0 heterocycles. The van der Waals surface area contributed by atoms with Crippen LogP contribution in [0.2, 0.25) is 0 Å². The van der Waals surface area contributed by atoms with E-state index in [0.717, 1.165) is 26.1 Å². The Labute approximate surface area is 112 Å². The van der Waals surface area contributed by atoms with E-state index < -0.39 is 0 Å². The van der Waals surface area contributed by atoms with Crippen LogP contribution in [0.4, 0.5) is 0 Å². The van der Waals surface area contributed by atoms with Gasteiger partial charge in [-0.3, -0.25) is 0 Å². The molecule has 0 bridgehead atoms. The molecule has 0 atom stereocenters. The van der Waals surface area contributed by atoms with Crippen molar-refractivity contribution in [1.82, 2.24) is 10.6 Å². The van der Waals surface area contributed by atoms with Crippen molar-refractivity contribution in [1.29, 1.82) is 0 Å². The number of rotatable bonds is 7. The monoisotopic (exact) mass is 183 g/mol. The number of nitrogens with one attached hydrogen (secondary N) is 3. The second-order valence-electron chi connectivity index (χ2n) is 2.31. The molecule has 0 aliphatic carbocycles. The zero-order valence-corrected chi connectivity index (χ0v) is 10.9. The van der Waals surface area contributed by atoms with Crippen LogP contribution in [0.15, 0.2) is 0 Å². The minimum absolute atomic E-state index is 0. The number of hydrogen-bond acceptors (Lipinski definition) is 2. The van der Waals surface area contributed by atoms with Gasteiger partial charge in [-0.15, -0.1) is 6.54 Å². The third kappa shape index (κ3) is 14.4. The van der Waals surface area contributed by atoms with Gasteiger partial charge in [0.05, 0.1) is 0 Å². The summed E-state index contributed by atoms with van der Waals surface area (Å²) in [6.45, 7) is 3.68. The van der Waals surface area contributed by atoms with Crippen molar-refractivity contribution >= 4 is 0 Å². The molecule has 3 nitrogen and oxygen atoms in total. The van der Waals surface area contributed by atoms with E-state index in [1.165, 1.54) is 6.42 Å². The first-order valence-corrected chi connectivity index (χ1v) is 3.91. The van der Waals surface area contributed by atoms with E-state index in [2.05, 4.69) is 10.6 Å². The van der Waals surface area contributed by atoms with Gasteiger partial charge in [0.2, 0.25) is 0 Å². The minimum Gasteiger partial charge on any atom is -0.677 e. The van der Waals surface area contributed by atoms with Crippen LogP contribution in [-0.2, 0) is 0 Å². The fourth-order valence-electron chi connectivity index (χ4n) is 0.729. The van der Waals surface area contributed by atoms with Gasteiger partial charge in [-0.25, -0.2) is 0 Å². The largest absolute Gasteiger partial charge is 1.00 e. The van der Waals surface area contributed by atoms with Crippen molar-refractivity contribution in [2.45, 2.75) is 12.8 Å². The summed E-state index contributed by atoms with van der Waals surface area (Å²) in [7, 11) is 1.96. The normalized spacial score (nSPS) is 9.27. The molecule has 0 spiro atoms. The van der Waals surface area contributed by atoms with Gasteiger partial charge >= 0.3 is 51.4 Å². The molecule has 0 radical (unpaired) electrons. The molecule has 0 rings (SSSR count). The van der Waals surface area contributed by atoms with Gasteiger partial charge < -0.3 is 16.4 Å². The summed E-state index contributed by atoms with van der Waals surface area (Å²) < 4.78 is 0. The third-order valence-electron chi connectivity index (χ3n) is 1.31. The molecule has 0 aliphatic heterocycles. The molecule has 0 aliphatic rings. The van der Waals surface area contributed by atoms with Crippen molar-refractivity contribution in [3.63, 3.8) is 0 Å². The fraction of sp³-hybridized carbons (Fsp3) is 1.00. The van der Waals surface area contributed by atoms with Crippen LogP contribution < -0.4 is 62.0 Å². The van der Waals surface area contributed by atoms with Crippen LogP contribution in [-0.4, -0.2) is 33.2 Å². The van der Waals surface area contributed by atoms with Gasteiger partial charge in [0.25, 0.3) is 0 Å². The molecule has 0 saturated heterocycles. The topological polar surface area (TPSA) is 47.9 Å². The van der Waals surface area contributed by atoms with E-state index in [0.29, 0.717) is 6.54 Å². The Bertz CT molecular complexity index is 53.6. The standard InChI is InChI=1S/C7H18N3.K/c1-9-5-3-7-10-6-2-4-8;/h8-10H,2-7H2,1H3;/q-1;+1. The van der Waals surface area contributed by atoms with Crippen LogP contribution >= 0.6 is 0 Å². The van der Waals surface area contributed by atoms with E-state index in [4.69, 9.17) is 5.73 Å². The maximum atomic E-state index is 6.87. The Balaban J connectivity index is 0. The maximum Gasteiger partial charge on any atom is 1.00 e. The molecule has 62 valence electrons. The zero-order chi connectivity index (χ0) is 7.66. The molecule has 0 aromatic heterocycles. The molecule has 11 heavy (non-hydrogen) atoms. The summed E-state index contributed by atoms with van der Waals surface area (Å²) in [6.07, 6.45) is 2.15. The maximum absolute atomic E-state index is 6.87. The molecular formula is C7H18KN3. The Morgan fingerprint density at radius 3 is 2.27 bits per heavy atom. The van der Waals surface area contributed by atoms with Gasteiger partial charge in [0.15, 0.2) is 0 Å². The predicted octanol–water partition coefficient (Wildman–Crippen LogP) is -2.37. The van der Waals surface area contributed by atoms with Gasteiger partial charge in [-0.1, -0.05) is 6.42 Å². The Morgan fingerprint density at radius 2 is 1.73 bits per heavy atom. The Hall–Kier alpha value is 1.52. The van der Waals surface area contributed by atoms with Crippen LogP contribution in [0, 0.1) is 0 Å². The summed E-state index contributed by atoms with van der Waals surface area (Å²) in [5.74, 6) is 0. The second-order valence-corrected chi connectivity index (χ2v) is 2.31. The first-order chi connectivity index (χ1) is 4.91. The summed E-state index contributed by atoms with van der Waals surface area (Å²) in [5, 5.41) is 6.34. The van der Waals surface area contributed by atoms with Crippen molar-refractivity contribution < 1.29 is 51.4 Å². The summed E-state index contributed by atoms with van der Waals surface area (Å²) >= 11 is 0. The summed E-state index contributed by atoms with van der Waals surface area (Å²) in [4.78, 5) is 0. The smallest absolute Gasteiger partial charge is 0.677 e. The van der Waals surface area contributed by atoms with Crippen LogP contribution in [0.3, 0.4) is 0 Å². The average molecular weight is 183 g/mol. The molecule has 0 saturated carbocycles. The fourth-order valence-corrected chi connectivity index (χ4v) is 0.729. The number of hydrogen-bond donors (Lipinski definition) is 2. The van der Waals surface area contributed by atoms with E-state index in [-0.39, 0.29) is 51.4 Å². The molecule has 4 heteroatoms. The molecule has 0 fully saturated rings. The zero-order valence-electron chi connectivity index (χ0n) is 7.74. The summed E-state index contributed by atoms with van der Waals surface area (Å²) in [6, 6.07) is 0. The quantitative estimate of drug-likeness (QED) is 0.342.